The zero-order valence-electron chi connectivity index (χ0n) is 16.8. The van der Waals surface area contributed by atoms with Crippen molar-refractivity contribution in [3.8, 4) is 17.2 Å². The molecule has 3 aromatic carbocycles. The maximum absolute atomic E-state index is 12.5. The summed E-state index contributed by atoms with van der Waals surface area (Å²) in [6.45, 7) is 4.16. The topological polar surface area (TPSA) is 47.6 Å². The average Bonchev–Trinajstić information content (AvgIpc) is 2.71. The summed E-state index contributed by atoms with van der Waals surface area (Å²) >= 11 is 6.12. The first kappa shape index (κ1) is 20.7. The van der Waals surface area contributed by atoms with E-state index in [9.17, 15) is 4.79 Å². The SMILES string of the molecule is COc1ccc(Oc2ccc(Cl)cc2NC(=O)CCc2ccc(C)c(C)c2)cc1. The number of halogens is 1. The summed E-state index contributed by atoms with van der Waals surface area (Å²) in [5, 5.41) is 3.44. The number of anilines is 1. The highest BCUT2D eigenvalue weighted by atomic mass is 35.5. The van der Waals surface area contributed by atoms with Crippen molar-refractivity contribution in [3.05, 3.63) is 82.4 Å². The molecule has 0 aliphatic carbocycles. The van der Waals surface area contributed by atoms with E-state index in [-0.39, 0.29) is 5.91 Å². The second kappa shape index (κ2) is 9.48. The third-order valence-corrected chi connectivity index (χ3v) is 4.95. The van der Waals surface area contributed by atoms with Gasteiger partial charge in [0.25, 0.3) is 0 Å². The largest absolute Gasteiger partial charge is 0.497 e. The van der Waals surface area contributed by atoms with Crippen LogP contribution in [0.1, 0.15) is 23.1 Å². The fourth-order valence-corrected chi connectivity index (χ4v) is 3.06. The number of benzene rings is 3. The fourth-order valence-electron chi connectivity index (χ4n) is 2.89. The van der Waals surface area contributed by atoms with Crippen molar-refractivity contribution in [1.29, 1.82) is 0 Å². The van der Waals surface area contributed by atoms with E-state index in [1.165, 1.54) is 11.1 Å². The lowest BCUT2D eigenvalue weighted by Crippen LogP contribution is -2.13. The van der Waals surface area contributed by atoms with Crippen LogP contribution in [-0.4, -0.2) is 13.0 Å². The maximum atomic E-state index is 12.5. The normalized spacial score (nSPS) is 10.5. The Morgan fingerprint density at radius 2 is 1.66 bits per heavy atom. The number of hydrogen-bond donors (Lipinski definition) is 1. The van der Waals surface area contributed by atoms with Crippen molar-refractivity contribution in [2.45, 2.75) is 26.7 Å². The number of carbonyl (C=O) groups is 1. The molecule has 0 radical (unpaired) electrons. The number of methoxy groups -OCH3 is 1. The molecule has 0 aliphatic heterocycles. The van der Waals surface area contributed by atoms with Crippen LogP contribution in [0.2, 0.25) is 5.02 Å². The molecule has 150 valence electrons. The van der Waals surface area contributed by atoms with E-state index in [4.69, 9.17) is 21.1 Å². The molecule has 1 amide bonds. The van der Waals surface area contributed by atoms with Gasteiger partial charge in [-0.3, -0.25) is 4.79 Å². The first-order valence-corrected chi connectivity index (χ1v) is 9.80. The third kappa shape index (κ3) is 5.75. The lowest BCUT2D eigenvalue weighted by molar-refractivity contribution is -0.116. The first-order valence-electron chi connectivity index (χ1n) is 9.42. The van der Waals surface area contributed by atoms with E-state index in [0.717, 1.165) is 11.3 Å². The molecule has 0 fully saturated rings. The number of nitrogens with one attached hydrogen (secondary N) is 1. The van der Waals surface area contributed by atoms with Crippen LogP contribution in [0.4, 0.5) is 5.69 Å². The standard InChI is InChI=1S/C24H24ClNO3/c1-16-4-5-18(14-17(16)2)6-13-24(27)26-22-15-19(25)7-12-23(22)29-21-10-8-20(28-3)9-11-21/h4-5,7-12,14-15H,6,13H2,1-3H3,(H,26,27). The molecule has 5 heteroatoms. The Labute approximate surface area is 176 Å². The van der Waals surface area contributed by atoms with Crippen LogP contribution in [0.25, 0.3) is 0 Å². The van der Waals surface area contributed by atoms with Crippen LogP contribution in [0.15, 0.2) is 60.7 Å². The summed E-state index contributed by atoms with van der Waals surface area (Å²) < 4.78 is 11.1. The summed E-state index contributed by atoms with van der Waals surface area (Å²) in [6, 6.07) is 18.7. The second-order valence-corrected chi connectivity index (χ2v) is 7.32. The molecular weight excluding hydrogens is 386 g/mol. The number of rotatable bonds is 7. The monoisotopic (exact) mass is 409 g/mol. The molecular formula is C24H24ClNO3. The van der Waals surface area contributed by atoms with Crippen LogP contribution in [0, 0.1) is 13.8 Å². The molecule has 29 heavy (non-hydrogen) atoms. The van der Waals surface area contributed by atoms with Crippen LogP contribution in [0.3, 0.4) is 0 Å². The second-order valence-electron chi connectivity index (χ2n) is 6.88. The summed E-state index contributed by atoms with van der Waals surface area (Å²) in [5.41, 5.74) is 4.16. The van der Waals surface area contributed by atoms with E-state index in [2.05, 4.69) is 37.4 Å². The van der Waals surface area contributed by atoms with Gasteiger partial charge in [-0.1, -0.05) is 29.8 Å². The first-order chi connectivity index (χ1) is 13.9. The highest BCUT2D eigenvalue weighted by Crippen LogP contribution is 2.33. The lowest BCUT2D eigenvalue weighted by Gasteiger charge is -2.13. The molecule has 0 bridgehead atoms. The summed E-state index contributed by atoms with van der Waals surface area (Å²) in [7, 11) is 1.61. The summed E-state index contributed by atoms with van der Waals surface area (Å²) in [4.78, 5) is 12.5. The number of ether oxygens (including phenoxy) is 2. The van der Waals surface area contributed by atoms with Crippen molar-refractivity contribution >= 4 is 23.2 Å². The Hall–Kier alpha value is -2.98. The molecule has 0 saturated heterocycles. The molecule has 3 aromatic rings. The van der Waals surface area contributed by atoms with E-state index in [0.29, 0.717) is 35.1 Å². The number of aryl methyl sites for hydroxylation is 3. The molecule has 0 saturated carbocycles. The van der Waals surface area contributed by atoms with Crippen LogP contribution in [-0.2, 0) is 11.2 Å². The van der Waals surface area contributed by atoms with E-state index < -0.39 is 0 Å². The van der Waals surface area contributed by atoms with Gasteiger partial charge in [-0.2, -0.15) is 0 Å². The van der Waals surface area contributed by atoms with Gasteiger partial charge in [-0.05, 0) is 79.4 Å². The number of carbonyl (C=O) groups excluding carboxylic acids is 1. The molecule has 0 heterocycles. The zero-order valence-corrected chi connectivity index (χ0v) is 17.5. The molecule has 3 rings (SSSR count). The quantitative estimate of drug-likeness (QED) is 0.496. The minimum Gasteiger partial charge on any atom is -0.497 e. The average molecular weight is 410 g/mol. The fraction of sp³-hybridized carbons (Fsp3) is 0.208. The van der Waals surface area contributed by atoms with Crippen LogP contribution < -0.4 is 14.8 Å². The van der Waals surface area contributed by atoms with Crippen molar-refractivity contribution in [1.82, 2.24) is 0 Å². The molecule has 0 aliphatic rings. The van der Waals surface area contributed by atoms with Gasteiger partial charge in [0.15, 0.2) is 5.75 Å². The molecule has 1 N–H and O–H groups in total. The highest BCUT2D eigenvalue weighted by Gasteiger charge is 2.11. The molecule has 0 unspecified atom stereocenters. The lowest BCUT2D eigenvalue weighted by atomic mass is 10.0. The van der Waals surface area contributed by atoms with Crippen LogP contribution >= 0.6 is 11.6 Å². The smallest absolute Gasteiger partial charge is 0.224 e. The van der Waals surface area contributed by atoms with Gasteiger partial charge < -0.3 is 14.8 Å². The van der Waals surface area contributed by atoms with Gasteiger partial charge in [0.1, 0.15) is 11.5 Å². The van der Waals surface area contributed by atoms with Crippen molar-refractivity contribution in [2.24, 2.45) is 0 Å². The van der Waals surface area contributed by atoms with Crippen molar-refractivity contribution in [3.63, 3.8) is 0 Å². The summed E-state index contributed by atoms with van der Waals surface area (Å²) in [6.07, 6.45) is 1.04. The Morgan fingerprint density at radius 1 is 0.931 bits per heavy atom. The van der Waals surface area contributed by atoms with Gasteiger partial charge in [0.2, 0.25) is 5.91 Å². The zero-order chi connectivity index (χ0) is 20.8. The van der Waals surface area contributed by atoms with E-state index in [1.54, 1.807) is 37.4 Å². The number of amides is 1. The van der Waals surface area contributed by atoms with Gasteiger partial charge in [-0.25, -0.2) is 0 Å². The Bertz CT molecular complexity index is 1000. The van der Waals surface area contributed by atoms with Crippen LogP contribution in [0.5, 0.6) is 17.2 Å². The molecule has 0 aromatic heterocycles. The van der Waals surface area contributed by atoms with Gasteiger partial charge in [0, 0.05) is 11.4 Å². The van der Waals surface area contributed by atoms with Crippen molar-refractivity contribution < 1.29 is 14.3 Å². The highest BCUT2D eigenvalue weighted by molar-refractivity contribution is 6.31. The van der Waals surface area contributed by atoms with E-state index >= 15 is 0 Å². The molecule has 4 nitrogen and oxygen atoms in total. The summed E-state index contributed by atoms with van der Waals surface area (Å²) in [5.74, 6) is 1.82. The minimum absolute atomic E-state index is 0.0925. The van der Waals surface area contributed by atoms with E-state index in [1.807, 2.05) is 12.1 Å². The predicted octanol–water partition coefficient (Wildman–Crippen LogP) is 6.33. The molecule has 0 atom stereocenters. The minimum atomic E-state index is -0.0925. The van der Waals surface area contributed by atoms with Crippen molar-refractivity contribution in [2.75, 3.05) is 12.4 Å². The van der Waals surface area contributed by atoms with Gasteiger partial charge in [-0.15, -0.1) is 0 Å². The Balaban J connectivity index is 1.67. The Morgan fingerprint density at radius 3 is 2.34 bits per heavy atom. The van der Waals surface area contributed by atoms with Gasteiger partial charge in [0.05, 0.1) is 12.8 Å². The maximum Gasteiger partial charge on any atom is 0.224 e. The Kier molecular flexibility index (Phi) is 6.78. The van der Waals surface area contributed by atoms with Gasteiger partial charge >= 0.3 is 0 Å². The number of hydrogen-bond acceptors (Lipinski definition) is 3. The predicted molar refractivity (Wildman–Crippen MR) is 117 cm³/mol. The third-order valence-electron chi connectivity index (χ3n) is 4.71. The molecule has 0 spiro atoms.